The number of rotatable bonds is 6. The Bertz CT molecular complexity index is 739. The van der Waals surface area contributed by atoms with Gasteiger partial charge in [0.25, 0.3) is 5.69 Å². The summed E-state index contributed by atoms with van der Waals surface area (Å²) in [6.07, 6.45) is 1.05. The number of halogens is 2. The molecule has 0 bridgehead atoms. The van der Waals surface area contributed by atoms with E-state index < -0.39 is 4.92 Å². The third kappa shape index (κ3) is 4.78. The number of benzene rings is 2. The smallest absolute Gasteiger partial charge is 0.311 e. The summed E-state index contributed by atoms with van der Waals surface area (Å²) in [7, 11) is 0. The first kappa shape index (κ1) is 18.4. The van der Waals surface area contributed by atoms with Crippen molar-refractivity contribution in [2.75, 3.05) is 0 Å². The van der Waals surface area contributed by atoms with E-state index in [0.717, 1.165) is 0 Å². The molecule has 0 fully saturated rings. The summed E-state index contributed by atoms with van der Waals surface area (Å²) in [5.41, 5.74) is -0.0151. The quantitative estimate of drug-likeness (QED) is 0.243. The van der Waals surface area contributed by atoms with Crippen LogP contribution in [0.3, 0.4) is 0 Å². The summed E-state index contributed by atoms with van der Waals surface area (Å²) in [5.74, 6) is 1.00. The molecule has 0 radical (unpaired) electrons. The lowest BCUT2D eigenvalue weighted by Crippen LogP contribution is -2.07. The molecule has 0 atom stereocenters. The third-order valence-electron chi connectivity index (χ3n) is 2.93. The van der Waals surface area contributed by atoms with Crippen molar-refractivity contribution >= 4 is 43.5 Å². The molecule has 0 aliphatic carbocycles. The fourth-order valence-electron chi connectivity index (χ4n) is 1.83. The topological polar surface area (TPSA) is 78.7 Å². The largest absolute Gasteiger partial charge is 0.455 e. The van der Waals surface area contributed by atoms with Crippen molar-refractivity contribution in [3.05, 3.63) is 55.5 Å². The monoisotopic (exact) mass is 457 g/mol. The Morgan fingerprint density at radius 2 is 1.71 bits per heavy atom. The first-order valence-corrected chi connectivity index (χ1v) is 8.61. The summed E-state index contributed by atoms with van der Waals surface area (Å²) in [6, 6.07) is 8.98. The summed E-state index contributed by atoms with van der Waals surface area (Å²) in [4.78, 5) is 21.7. The van der Waals surface area contributed by atoms with Crippen molar-refractivity contribution in [1.82, 2.24) is 0 Å². The summed E-state index contributed by atoms with van der Waals surface area (Å²) in [5, 5.41) is 10.7. The second-order valence-electron chi connectivity index (χ2n) is 4.79. The molecule has 0 aromatic heterocycles. The average Bonchev–Trinajstić information content (AvgIpc) is 2.51. The van der Waals surface area contributed by atoms with Gasteiger partial charge in [-0.1, -0.05) is 6.92 Å². The Balaban J connectivity index is 2.18. The molecule has 0 N–H and O–H groups in total. The van der Waals surface area contributed by atoms with Gasteiger partial charge in [0.1, 0.15) is 11.5 Å². The molecule has 0 saturated carbocycles. The number of hydrogen-bond donors (Lipinski definition) is 0. The van der Waals surface area contributed by atoms with Gasteiger partial charge in [-0.05, 0) is 62.5 Å². The van der Waals surface area contributed by atoms with Crippen molar-refractivity contribution < 1.29 is 19.2 Å². The minimum atomic E-state index is -0.477. The molecule has 126 valence electrons. The molecule has 2 rings (SSSR count). The van der Waals surface area contributed by atoms with Crippen LogP contribution in [0.15, 0.2) is 45.3 Å². The lowest BCUT2D eigenvalue weighted by atomic mass is 10.3. The van der Waals surface area contributed by atoms with Gasteiger partial charge in [0, 0.05) is 18.6 Å². The molecule has 8 heteroatoms. The fourth-order valence-corrected chi connectivity index (χ4v) is 3.14. The third-order valence-corrected chi connectivity index (χ3v) is 4.10. The van der Waals surface area contributed by atoms with Gasteiger partial charge in [-0.15, -0.1) is 0 Å². The molecule has 0 unspecified atom stereocenters. The number of nitrogens with zero attached hydrogens (tertiary/aromatic N) is 1. The zero-order valence-corrected chi connectivity index (χ0v) is 15.8. The number of nitro groups is 1. The van der Waals surface area contributed by atoms with Crippen LogP contribution in [-0.4, -0.2) is 10.9 Å². The molecular weight excluding hydrogens is 446 g/mol. The molecule has 6 nitrogen and oxygen atoms in total. The lowest BCUT2D eigenvalue weighted by Gasteiger charge is -2.12. The van der Waals surface area contributed by atoms with E-state index in [0.29, 0.717) is 39.0 Å². The number of nitro benzene ring substituents is 1. The van der Waals surface area contributed by atoms with Crippen LogP contribution in [0.5, 0.6) is 17.2 Å². The molecule has 2 aromatic rings. The normalized spacial score (nSPS) is 10.3. The maximum absolute atomic E-state index is 11.6. The highest BCUT2D eigenvalue weighted by Gasteiger charge is 2.14. The molecule has 0 heterocycles. The molecule has 0 saturated heterocycles. The SMILES string of the molecule is CCCC(=O)Oc1cc(Br)c(Oc2ccc([N+](=O)[O-])cc2)c(Br)c1. The number of hydrogen-bond acceptors (Lipinski definition) is 5. The molecule has 0 spiro atoms. The van der Waals surface area contributed by atoms with Gasteiger partial charge >= 0.3 is 5.97 Å². The Labute approximate surface area is 155 Å². The predicted molar refractivity (Wildman–Crippen MR) is 95.6 cm³/mol. The highest BCUT2D eigenvalue weighted by molar-refractivity contribution is 9.11. The van der Waals surface area contributed by atoms with E-state index in [1.54, 1.807) is 12.1 Å². The number of ether oxygens (including phenoxy) is 2. The second kappa shape index (κ2) is 8.25. The summed E-state index contributed by atoms with van der Waals surface area (Å²) in [6.45, 7) is 1.90. The van der Waals surface area contributed by atoms with Gasteiger partial charge in [0.2, 0.25) is 0 Å². The highest BCUT2D eigenvalue weighted by atomic mass is 79.9. The zero-order chi connectivity index (χ0) is 17.7. The van der Waals surface area contributed by atoms with Crippen LogP contribution in [0.25, 0.3) is 0 Å². The minimum Gasteiger partial charge on any atom is -0.455 e. The van der Waals surface area contributed by atoms with Crippen LogP contribution in [0.4, 0.5) is 5.69 Å². The van der Waals surface area contributed by atoms with E-state index in [4.69, 9.17) is 9.47 Å². The fraction of sp³-hybridized carbons (Fsp3) is 0.188. The van der Waals surface area contributed by atoms with Crippen molar-refractivity contribution in [2.45, 2.75) is 19.8 Å². The van der Waals surface area contributed by atoms with Crippen molar-refractivity contribution in [2.24, 2.45) is 0 Å². The van der Waals surface area contributed by atoms with E-state index in [2.05, 4.69) is 31.9 Å². The number of esters is 1. The molecule has 0 aliphatic heterocycles. The molecule has 2 aromatic carbocycles. The Hall–Kier alpha value is -1.93. The van der Waals surface area contributed by atoms with Gasteiger partial charge in [-0.3, -0.25) is 14.9 Å². The van der Waals surface area contributed by atoms with Crippen LogP contribution in [0, 0.1) is 10.1 Å². The van der Waals surface area contributed by atoms with Crippen molar-refractivity contribution in [3.8, 4) is 17.2 Å². The molecule has 0 amide bonds. The van der Waals surface area contributed by atoms with E-state index in [1.807, 2.05) is 6.92 Å². The summed E-state index contributed by atoms with van der Waals surface area (Å²) >= 11 is 6.74. The molecular formula is C16H13Br2NO5. The highest BCUT2D eigenvalue weighted by Crippen LogP contribution is 2.40. The minimum absolute atomic E-state index is 0.0151. The van der Waals surface area contributed by atoms with Crippen LogP contribution >= 0.6 is 31.9 Å². The summed E-state index contributed by atoms with van der Waals surface area (Å²) < 4.78 is 12.1. The molecule has 0 aliphatic rings. The van der Waals surface area contributed by atoms with Crippen molar-refractivity contribution in [1.29, 1.82) is 0 Å². The second-order valence-corrected chi connectivity index (χ2v) is 6.50. The van der Waals surface area contributed by atoms with E-state index in [9.17, 15) is 14.9 Å². The zero-order valence-electron chi connectivity index (χ0n) is 12.6. The van der Waals surface area contributed by atoms with E-state index in [-0.39, 0.29) is 11.7 Å². The Kier molecular flexibility index (Phi) is 6.33. The number of carbonyl (C=O) groups excluding carboxylic acids is 1. The van der Waals surface area contributed by atoms with Gasteiger partial charge in [-0.2, -0.15) is 0 Å². The number of carbonyl (C=O) groups is 1. The van der Waals surface area contributed by atoms with E-state index >= 15 is 0 Å². The van der Waals surface area contributed by atoms with Crippen LogP contribution in [0.2, 0.25) is 0 Å². The Morgan fingerprint density at radius 3 is 2.21 bits per heavy atom. The van der Waals surface area contributed by atoms with Crippen LogP contribution < -0.4 is 9.47 Å². The van der Waals surface area contributed by atoms with Gasteiger partial charge in [-0.25, -0.2) is 0 Å². The van der Waals surface area contributed by atoms with Gasteiger partial charge in [0.15, 0.2) is 5.75 Å². The van der Waals surface area contributed by atoms with Crippen LogP contribution in [-0.2, 0) is 4.79 Å². The van der Waals surface area contributed by atoms with Gasteiger partial charge < -0.3 is 9.47 Å². The van der Waals surface area contributed by atoms with E-state index in [1.165, 1.54) is 24.3 Å². The lowest BCUT2D eigenvalue weighted by molar-refractivity contribution is -0.384. The molecule has 24 heavy (non-hydrogen) atoms. The maximum Gasteiger partial charge on any atom is 0.311 e. The van der Waals surface area contributed by atoms with Crippen LogP contribution in [0.1, 0.15) is 19.8 Å². The number of non-ortho nitro benzene ring substituents is 1. The predicted octanol–water partition coefficient (Wildman–Crippen LogP) is 5.62. The average molecular weight is 459 g/mol. The van der Waals surface area contributed by atoms with Crippen molar-refractivity contribution in [3.63, 3.8) is 0 Å². The first-order valence-electron chi connectivity index (χ1n) is 7.02. The standard InChI is InChI=1S/C16H13Br2NO5/c1-2-3-15(20)23-12-8-13(17)16(14(18)9-12)24-11-6-4-10(5-7-11)19(21)22/h4-9H,2-3H2,1H3. The first-order chi connectivity index (χ1) is 11.4. The maximum atomic E-state index is 11.6. The Morgan fingerprint density at radius 1 is 1.12 bits per heavy atom. The van der Waals surface area contributed by atoms with Gasteiger partial charge in [0.05, 0.1) is 13.9 Å².